The van der Waals surface area contributed by atoms with E-state index in [0.29, 0.717) is 6.54 Å². The van der Waals surface area contributed by atoms with Crippen molar-refractivity contribution in [3.63, 3.8) is 0 Å². The molecule has 1 amide bonds. The average Bonchev–Trinajstić information content (AvgIpc) is 3.17. The van der Waals surface area contributed by atoms with Gasteiger partial charge in [0.2, 0.25) is 0 Å². The number of fused-ring (bicyclic) bond motifs is 3. The molecule has 1 N–H and O–H groups in total. The van der Waals surface area contributed by atoms with E-state index < -0.39 is 0 Å². The smallest absolute Gasteiger partial charge is 0.299 e. The molecule has 0 spiro atoms. The van der Waals surface area contributed by atoms with Crippen LogP contribution >= 0.6 is 0 Å². The molecular formula is C25H19N3O. The fraction of sp³-hybridized carbons (Fsp3) is 0.120. The predicted molar refractivity (Wildman–Crippen MR) is 113 cm³/mol. The van der Waals surface area contributed by atoms with Crippen LogP contribution in [-0.4, -0.2) is 27.3 Å². The van der Waals surface area contributed by atoms with Gasteiger partial charge in [0, 0.05) is 40.8 Å². The topological polar surface area (TPSA) is 49.0 Å². The molecule has 1 aliphatic heterocycles. The molecule has 0 fully saturated rings. The Hall–Kier alpha value is -3.84. The number of nitrogens with zero attached hydrogens (tertiary/aromatic N) is 2. The first-order valence-corrected chi connectivity index (χ1v) is 9.69. The molecule has 0 radical (unpaired) electrons. The Bertz CT molecular complexity index is 1230. The third-order valence-corrected chi connectivity index (χ3v) is 5.35. The summed E-state index contributed by atoms with van der Waals surface area (Å²) >= 11 is 0. The van der Waals surface area contributed by atoms with Crippen molar-refractivity contribution < 1.29 is 4.79 Å². The van der Waals surface area contributed by atoms with Gasteiger partial charge in [-0.2, -0.15) is 0 Å². The van der Waals surface area contributed by atoms with E-state index in [1.807, 2.05) is 59.5 Å². The van der Waals surface area contributed by atoms with Gasteiger partial charge in [-0.1, -0.05) is 48.4 Å². The van der Waals surface area contributed by atoms with E-state index in [4.69, 9.17) is 0 Å². The summed E-state index contributed by atoms with van der Waals surface area (Å²) in [6.07, 6.45) is 2.56. The van der Waals surface area contributed by atoms with Crippen LogP contribution < -0.4 is 0 Å². The van der Waals surface area contributed by atoms with E-state index in [9.17, 15) is 4.79 Å². The van der Waals surface area contributed by atoms with E-state index in [1.165, 1.54) is 10.9 Å². The lowest BCUT2D eigenvalue weighted by Crippen LogP contribution is -2.40. The summed E-state index contributed by atoms with van der Waals surface area (Å²) in [4.78, 5) is 23.0. The molecule has 1 aliphatic rings. The number of aromatic amines is 1. The molecule has 4 heteroatoms. The molecule has 5 rings (SSSR count). The van der Waals surface area contributed by atoms with Gasteiger partial charge >= 0.3 is 0 Å². The molecule has 0 bridgehead atoms. The number of para-hydroxylation sites is 1. The van der Waals surface area contributed by atoms with Crippen molar-refractivity contribution in [2.75, 3.05) is 6.54 Å². The number of amides is 1. The second kappa shape index (κ2) is 7.29. The van der Waals surface area contributed by atoms with Crippen LogP contribution in [0.15, 0.2) is 79.0 Å². The van der Waals surface area contributed by atoms with Crippen LogP contribution in [0.1, 0.15) is 28.6 Å². The second-order valence-electron chi connectivity index (χ2n) is 7.08. The Morgan fingerprint density at radius 2 is 1.79 bits per heavy atom. The Morgan fingerprint density at radius 1 is 1.00 bits per heavy atom. The summed E-state index contributed by atoms with van der Waals surface area (Å²) in [5.74, 6) is 5.63. The van der Waals surface area contributed by atoms with Gasteiger partial charge in [0.1, 0.15) is 6.04 Å². The lowest BCUT2D eigenvalue weighted by Gasteiger charge is -2.34. The van der Waals surface area contributed by atoms with Crippen LogP contribution in [0.5, 0.6) is 0 Å². The minimum atomic E-state index is -0.273. The van der Waals surface area contributed by atoms with Gasteiger partial charge in [-0.05, 0) is 42.3 Å². The van der Waals surface area contributed by atoms with Gasteiger partial charge in [-0.15, -0.1) is 0 Å². The maximum atomic E-state index is 13.1. The van der Waals surface area contributed by atoms with Crippen LogP contribution in [0.3, 0.4) is 0 Å². The van der Waals surface area contributed by atoms with Crippen molar-refractivity contribution in [2.45, 2.75) is 12.5 Å². The third kappa shape index (κ3) is 3.17. The fourth-order valence-electron chi connectivity index (χ4n) is 4.02. The Kier molecular flexibility index (Phi) is 4.34. The summed E-state index contributed by atoms with van der Waals surface area (Å²) in [5.41, 5.74) is 5.05. The number of hydrogen-bond acceptors (Lipinski definition) is 2. The highest BCUT2D eigenvalue weighted by Gasteiger charge is 2.34. The van der Waals surface area contributed by atoms with E-state index in [0.717, 1.165) is 28.9 Å². The summed E-state index contributed by atoms with van der Waals surface area (Å²) in [5, 5.41) is 1.21. The monoisotopic (exact) mass is 377 g/mol. The number of H-pyrrole nitrogens is 1. The fourth-order valence-corrected chi connectivity index (χ4v) is 4.02. The van der Waals surface area contributed by atoms with Crippen molar-refractivity contribution in [1.29, 1.82) is 0 Å². The summed E-state index contributed by atoms with van der Waals surface area (Å²) < 4.78 is 0. The zero-order chi connectivity index (χ0) is 19.6. The normalized spacial score (nSPS) is 15.4. The van der Waals surface area contributed by atoms with E-state index in [-0.39, 0.29) is 11.9 Å². The highest BCUT2D eigenvalue weighted by atomic mass is 16.2. The molecule has 29 heavy (non-hydrogen) atoms. The lowest BCUT2D eigenvalue weighted by molar-refractivity contribution is -0.127. The number of carbonyl (C=O) groups excluding carboxylic acids is 1. The summed E-state index contributed by atoms with van der Waals surface area (Å²) in [6, 6.07) is 23.4. The van der Waals surface area contributed by atoms with Gasteiger partial charge in [0.15, 0.2) is 0 Å². The van der Waals surface area contributed by atoms with Gasteiger partial charge in [0.05, 0.1) is 5.69 Å². The van der Waals surface area contributed by atoms with Gasteiger partial charge < -0.3 is 9.88 Å². The van der Waals surface area contributed by atoms with Gasteiger partial charge in [-0.25, -0.2) is 0 Å². The molecule has 0 saturated carbocycles. The van der Waals surface area contributed by atoms with Crippen molar-refractivity contribution in [1.82, 2.24) is 14.9 Å². The maximum absolute atomic E-state index is 13.1. The third-order valence-electron chi connectivity index (χ3n) is 5.35. The predicted octanol–water partition coefficient (Wildman–Crippen LogP) is 4.09. The average molecular weight is 377 g/mol. The number of benzene rings is 2. The van der Waals surface area contributed by atoms with Gasteiger partial charge in [0.25, 0.3) is 5.91 Å². The molecule has 1 atom stereocenters. The van der Waals surface area contributed by atoms with Crippen molar-refractivity contribution in [2.24, 2.45) is 0 Å². The molecule has 4 nitrogen and oxygen atoms in total. The Morgan fingerprint density at radius 3 is 2.62 bits per heavy atom. The molecule has 2 aromatic carbocycles. The lowest BCUT2D eigenvalue weighted by atomic mass is 9.95. The number of nitrogens with one attached hydrogen (secondary N) is 1. The largest absolute Gasteiger partial charge is 0.356 e. The number of pyridine rings is 1. The zero-order valence-corrected chi connectivity index (χ0v) is 15.8. The zero-order valence-electron chi connectivity index (χ0n) is 15.8. The Labute approximate surface area is 169 Å². The number of rotatable bonds is 1. The molecule has 4 aromatic rings. The highest BCUT2D eigenvalue weighted by Crippen LogP contribution is 2.37. The van der Waals surface area contributed by atoms with Crippen LogP contribution in [-0.2, 0) is 11.2 Å². The molecule has 0 aliphatic carbocycles. The van der Waals surface area contributed by atoms with Crippen molar-refractivity contribution >= 4 is 16.8 Å². The molecule has 0 unspecified atom stereocenters. The van der Waals surface area contributed by atoms with Crippen LogP contribution in [0.2, 0.25) is 0 Å². The molecule has 140 valence electrons. The molecular weight excluding hydrogens is 358 g/mol. The molecule has 0 saturated heterocycles. The van der Waals surface area contributed by atoms with E-state index in [2.05, 4.69) is 40.0 Å². The first-order valence-electron chi connectivity index (χ1n) is 9.69. The summed E-state index contributed by atoms with van der Waals surface area (Å²) in [7, 11) is 0. The van der Waals surface area contributed by atoms with Crippen LogP contribution in [0, 0.1) is 11.8 Å². The van der Waals surface area contributed by atoms with E-state index >= 15 is 0 Å². The minimum absolute atomic E-state index is 0.186. The van der Waals surface area contributed by atoms with Crippen LogP contribution in [0.25, 0.3) is 10.9 Å². The molecule has 2 aromatic heterocycles. The van der Waals surface area contributed by atoms with Crippen LogP contribution in [0.4, 0.5) is 0 Å². The van der Waals surface area contributed by atoms with Crippen molar-refractivity contribution in [3.8, 4) is 11.8 Å². The summed E-state index contributed by atoms with van der Waals surface area (Å²) in [6.45, 7) is 0.610. The molecule has 3 heterocycles. The number of carbonyl (C=O) groups is 1. The van der Waals surface area contributed by atoms with Gasteiger partial charge in [-0.3, -0.25) is 9.78 Å². The van der Waals surface area contributed by atoms with E-state index in [1.54, 1.807) is 6.20 Å². The standard InChI is InChI=1S/C25H19N3O/c29-23(14-13-18-8-2-1-3-9-18)28-17-15-20-19-10-4-5-11-21(19)27-24(20)25(28)22-12-6-7-16-26-22/h1-12,16,25,27H,15,17H2/t25-/m1/s1. The van der Waals surface area contributed by atoms with Crippen molar-refractivity contribution in [3.05, 3.63) is 102 Å². The quantitative estimate of drug-likeness (QED) is 0.508. The second-order valence-corrected chi connectivity index (χ2v) is 7.08. The number of hydrogen-bond donors (Lipinski definition) is 1. The first kappa shape index (κ1) is 17.3. The first-order chi connectivity index (χ1) is 14.3. The minimum Gasteiger partial charge on any atom is -0.356 e. The Balaban J connectivity index is 1.58. The maximum Gasteiger partial charge on any atom is 0.299 e. The SMILES string of the molecule is O=C(C#Cc1ccccc1)N1CCc2c([nH]c3ccccc23)[C@H]1c1ccccn1. The number of aromatic nitrogens is 2. The highest BCUT2D eigenvalue weighted by molar-refractivity contribution is 5.95.